The van der Waals surface area contributed by atoms with Crippen molar-refractivity contribution in [1.29, 1.82) is 0 Å². The lowest BCUT2D eigenvalue weighted by Crippen LogP contribution is -2.48. The summed E-state index contributed by atoms with van der Waals surface area (Å²) in [6.07, 6.45) is -6.81. The van der Waals surface area contributed by atoms with Crippen LogP contribution in [0.2, 0.25) is 0 Å². The molecule has 0 radical (unpaired) electrons. The summed E-state index contributed by atoms with van der Waals surface area (Å²) in [6.45, 7) is 2.27. The first-order valence-electron chi connectivity index (χ1n) is 8.40. The van der Waals surface area contributed by atoms with Gasteiger partial charge in [-0.1, -0.05) is 0 Å². The van der Waals surface area contributed by atoms with Gasteiger partial charge in [-0.05, 0) is 55.8 Å². The Morgan fingerprint density at radius 2 is 1.73 bits per heavy atom. The number of Topliss-reactive ketones (excluding diaryl/α,β-unsaturated/α-hetero) is 1. The number of nitro benzene ring substituents is 1. The number of rotatable bonds is 7. The molecule has 30 heavy (non-hydrogen) atoms. The molecule has 0 aliphatic rings. The molecule has 0 saturated heterocycles. The van der Waals surface area contributed by atoms with E-state index in [1.807, 2.05) is 0 Å². The Balaban J connectivity index is 2.59. The summed E-state index contributed by atoms with van der Waals surface area (Å²) in [5.41, 5.74) is -0.107. The fourth-order valence-corrected chi connectivity index (χ4v) is 2.64. The molecule has 2 aromatic carbocycles. The van der Waals surface area contributed by atoms with Crippen LogP contribution < -0.4 is 10.5 Å². The average molecular weight is 426 g/mol. The zero-order valence-electron chi connectivity index (χ0n) is 15.8. The first kappa shape index (κ1) is 22.8. The lowest BCUT2D eigenvalue weighted by atomic mass is 9.90. The van der Waals surface area contributed by atoms with Crippen molar-refractivity contribution in [3.05, 3.63) is 69.3 Å². The van der Waals surface area contributed by atoms with Gasteiger partial charge in [-0.2, -0.15) is 13.2 Å². The van der Waals surface area contributed by atoms with Crippen molar-refractivity contribution >= 4 is 17.4 Å². The van der Waals surface area contributed by atoms with Crippen LogP contribution in [-0.2, 0) is 11.0 Å². The van der Waals surface area contributed by atoms with Crippen LogP contribution in [0.4, 0.5) is 18.9 Å². The van der Waals surface area contributed by atoms with E-state index < -0.39 is 40.0 Å². The van der Waals surface area contributed by atoms with Crippen molar-refractivity contribution in [2.24, 2.45) is 5.73 Å². The number of carbonyl (C=O) groups excluding carboxylic acids is 2. The smallest absolute Gasteiger partial charge is 0.423 e. The van der Waals surface area contributed by atoms with E-state index in [0.29, 0.717) is 17.7 Å². The fraction of sp³-hybridized carbons (Fsp3) is 0.263. The van der Waals surface area contributed by atoms with Crippen LogP contribution in [0, 0.1) is 10.1 Å². The Kier molecular flexibility index (Phi) is 6.17. The highest BCUT2D eigenvalue weighted by Gasteiger charge is 2.44. The number of alkyl halides is 3. The molecule has 0 aliphatic carbocycles. The number of hydrogen-bond donors (Lipinski definition) is 2. The fourth-order valence-electron chi connectivity index (χ4n) is 2.64. The molecule has 2 atom stereocenters. The second-order valence-electron chi connectivity index (χ2n) is 6.62. The maximum absolute atomic E-state index is 13.3. The number of nitrogens with zero attached hydrogens (tertiary/aromatic N) is 1. The van der Waals surface area contributed by atoms with Gasteiger partial charge < -0.3 is 15.6 Å². The lowest BCUT2D eigenvalue weighted by Gasteiger charge is -2.31. The van der Waals surface area contributed by atoms with Crippen molar-refractivity contribution in [2.45, 2.75) is 31.7 Å². The molecule has 2 unspecified atom stereocenters. The highest BCUT2D eigenvalue weighted by molar-refractivity contribution is 5.94. The van der Waals surface area contributed by atoms with Crippen LogP contribution in [0.1, 0.15) is 41.4 Å². The number of carbonyl (C=O) groups is 2. The number of amides is 1. The first-order valence-corrected chi connectivity index (χ1v) is 8.40. The van der Waals surface area contributed by atoms with Gasteiger partial charge in [-0.3, -0.25) is 19.7 Å². The zero-order chi connectivity index (χ0) is 22.9. The van der Waals surface area contributed by atoms with Gasteiger partial charge >= 0.3 is 6.18 Å². The van der Waals surface area contributed by atoms with Crippen LogP contribution in [0.25, 0.3) is 0 Å². The minimum Gasteiger partial charge on any atom is -0.482 e. The number of hydrogen-bond acceptors (Lipinski definition) is 6. The van der Waals surface area contributed by atoms with Crippen molar-refractivity contribution in [3.8, 4) is 5.75 Å². The SMILES string of the molecule is CC(=O)c1ccc(OC(c2ccc([N+](=O)[O-])c(C(F)(F)F)c2)C(C)(O)C(N)=O)cc1. The highest BCUT2D eigenvalue weighted by Crippen LogP contribution is 2.40. The van der Waals surface area contributed by atoms with Gasteiger partial charge in [0.25, 0.3) is 11.6 Å². The minimum atomic E-state index is -5.08. The van der Waals surface area contributed by atoms with E-state index in [4.69, 9.17) is 10.5 Å². The largest absolute Gasteiger partial charge is 0.482 e. The molecule has 2 rings (SSSR count). The monoisotopic (exact) mass is 426 g/mol. The summed E-state index contributed by atoms with van der Waals surface area (Å²) in [4.78, 5) is 32.9. The first-order chi connectivity index (χ1) is 13.7. The molecule has 3 N–H and O–H groups in total. The number of primary amides is 1. The maximum Gasteiger partial charge on any atom is 0.423 e. The number of nitro groups is 1. The average Bonchev–Trinajstić information content (AvgIpc) is 2.65. The van der Waals surface area contributed by atoms with Crippen molar-refractivity contribution in [3.63, 3.8) is 0 Å². The Morgan fingerprint density at radius 3 is 2.17 bits per heavy atom. The number of halogens is 3. The topological polar surface area (TPSA) is 133 Å². The Hall–Kier alpha value is -3.47. The van der Waals surface area contributed by atoms with Crippen LogP contribution in [0.15, 0.2) is 42.5 Å². The molecular formula is C19H17F3N2O6. The van der Waals surface area contributed by atoms with Gasteiger partial charge in [0.15, 0.2) is 17.5 Å². The molecule has 0 heterocycles. The van der Waals surface area contributed by atoms with Gasteiger partial charge in [0, 0.05) is 11.6 Å². The third kappa shape index (κ3) is 4.74. The third-order valence-electron chi connectivity index (χ3n) is 4.35. The number of ether oxygens (including phenoxy) is 1. The number of aliphatic hydroxyl groups is 1. The van der Waals surface area contributed by atoms with E-state index in [0.717, 1.165) is 13.0 Å². The molecule has 2 aromatic rings. The van der Waals surface area contributed by atoms with Gasteiger partial charge in [-0.15, -0.1) is 0 Å². The zero-order valence-corrected chi connectivity index (χ0v) is 15.8. The van der Waals surface area contributed by atoms with E-state index in [9.17, 15) is 38.0 Å². The van der Waals surface area contributed by atoms with Crippen LogP contribution in [-0.4, -0.2) is 27.3 Å². The van der Waals surface area contributed by atoms with E-state index in [1.54, 1.807) is 0 Å². The molecule has 0 saturated carbocycles. The Morgan fingerprint density at radius 1 is 1.17 bits per heavy atom. The molecule has 0 fully saturated rings. The standard InChI is InChI=1S/C19H17F3N2O6/c1-10(25)11-3-6-13(7-4-11)30-16(18(2,27)17(23)26)12-5-8-15(24(28)29)14(9-12)19(20,21)22/h3-9,16,27H,1-2H3,(H2,23,26). The molecule has 0 bridgehead atoms. The molecule has 0 aromatic heterocycles. The number of ketones is 1. The summed E-state index contributed by atoms with van der Waals surface area (Å²) in [6, 6.07) is 7.34. The molecule has 0 aliphatic heterocycles. The summed E-state index contributed by atoms with van der Waals surface area (Å²) in [5, 5.41) is 21.5. The summed E-state index contributed by atoms with van der Waals surface area (Å²) >= 11 is 0. The van der Waals surface area contributed by atoms with Gasteiger partial charge in [0.05, 0.1) is 4.92 Å². The van der Waals surface area contributed by atoms with Crippen LogP contribution in [0.3, 0.4) is 0 Å². The number of benzene rings is 2. The van der Waals surface area contributed by atoms with Crippen LogP contribution >= 0.6 is 0 Å². The molecule has 8 nitrogen and oxygen atoms in total. The second kappa shape index (κ2) is 8.11. The van der Waals surface area contributed by atoms with Gasteiger partial charge in [-0.25, -0.2) is 0 Å². The summed E-state index contributed by atoms with van der Waals surface area (Å²) < 4.78 is 45.5. The molecular weight excluding hydrogens is 409 g/mol. The van der Waals surface area contributed by atoms with E-state index in [2.05, 4.69) is 0 Å². The maximum atomic E-state index is 13.3. The Bertz CT molecular complexity index is 987. The van der Waals surface area contributed by atoms with E-state index in [-0.39, 0.29) is 17.1 Å². The Labute approximate surface area is 168 Å². The molecule has 0 spiro atoms. The second-order valence-corrected chi connectivity index (χ2v) is 6.62. The molecule has 160 valence electrons. The van der Waals surface area contributed by atoms with Crippen LogP contribution in [0.5, 0.6) is 5.75 Å². The minimum absolute atomic E-state index is 0.0124. The lowest BCUT2D eigenvalue weighted by molar-refractivity contribution is -0.388. The summed E-state index contributed by atoms with van der Waals surface area (Å²) in [7, 11) is 0. The number of nitrogens with two attached hydrogens (primary N) is 1. The molecule has 11 heteroatoms. The predicted molar refractivity (Wildman–Crippen MR) is 97.7 cm³/mol. The van der Waals surface area contributed by atoms with E-state index >= 15 is 0 Å². The summed E-state index contributed by atoms with van der Waals surface area (Å²) in [5.74, 6) is -1.52. The van der Waals surface area contributed by atoms with Gasteiger partial charge in [0.2, 0.25) is 0 Å². The van der Waals surface area contributed by atoms with Crippen molar-refractivity contribution in [1.82, 2.24) is 0 Å². The van der Waals surface area contributed by atoms with Gasteiger partial charge in [0.1, 0.15) is 11.3 Å². The normalized spacial score (nSPS) is 14.5. The van der Waals surface area contributed by atoms with Crippen molar-refractivity contribution in [2.75, 3.05) is 0 Å². The van der Waals surface area contributed by atoms with E-state index in [1.165, 1.54) is 31.2 Å². The predicted octanol–water partition coefficient (Wildman–Crippen LogP) is 3.17. The third-order valence-corrected chi connectivity index (χ3v) is 4.35. The molecule has 1 amide bonds. The highest BCUT2D eigenvalue weighted by atomic mass is 19.4. The van der Waals surface area contributed by atoms with Crippen molar-refractivity contribution < 1.29 is 37.5 Å². The quantitative estimate of drug-likeness (QED) is 0.397.